The minimum Gasteiger partial charge on any atom is -0.381 e. The zero-order chi connectivity index (χ0) is 14.8. The molecule has 1 aliphatic carbocycles. The van der Waals surface area contributed by atoms with Crippen LogP contribution in [-0.2, 0) is 0 Å². The van der Waals surface area contributed by atoms with Crippen LogP contribution in [0.25, 0.3) is 0 Å². The lowest BCUT2D eigenvalue weighted by Crippen LogP contribution is -2.15. The highest BCUT2D eigenvalue weighted by Gasteiger charge is 2.23. The van der Waals surface area contributed by atoms with Gasteiger partial charge in [-0.2, -0.15) is 10.2 Å². The summed E-state index contributed by atoms with van der Waals surface area (Å²) in [5, 5.41) is 12.8. The summed E-state index contributed by atoms with van der Waals surface area (Å²) in [7, 11) is 0. The lowest BCUT2D eigenvalue weighted by molar-refractivity contribution is 0.102. The highest BCUT2D eigenvalue weighted by Crippen LogP contribution is 2.31. The van der Waals surface area contributed by atoms with E-state index in [-0.39, 0.29) is 17.3 Å². The Balaban J connectivity index is 1.86. The minimum absolute atomic E-state index is 0.197. The molecular formula is C14H12F2N4O. The molecule has 0 saturated heterocycles. The summed E-state index contributed by atoms with van der Waals surface area (Å²) in [6.45, 7) is 0. The van der Waals surface area contributed by atoms with E-state index in [2.05, 4.69) is 20.8 Å². The number of hydrogen-bond donors (Lipinski definition) is 2. The topological polar surface area (TPSA) is 66.9 Å². The van der Waals surface area contributed by atoms with Gasteiger partial charge in [0.2, 0.25) is 0 Å². The molecular weight excluding hydrogens is 278 g/mol. The Hall–Kier alpha value is -2.57. The van der Waals surface area contributed by atoms with Gasteiger partial charge in [-0.1, -0.05) is 0 Å². The maximum atomic E-state index is 13.4. The van der Waals surface area contributed by atoms with Gasteiger partial charge in [0.05, 0.1) is 29.3 Å². The van der Waals surface area contributed by atoms with Gasteiger partial charge in [0.25, 0.3) is 5.91 Å². The average Bonchev–Trinajstić information content (AvgIpc) is 3.29. The zero-order valence-electron chi connectivity index (χ0n) is 10.9. The number of aromatic nitrogens is 2. The maximum Gasteiger partial charge on any atom is 0.257 e. The van der Waals surface area contributed by atoms with Crippen molar-refractivity contribution in [2.75, 3.05) is 10.6 Å². The second-order valence-corrected chi connectivity index (χ2v) is 4.82. The molecule has 0 aliphatic heterocycles. The lowest BCUT2D eigenvalue weighted by atomic mass is 10.2. The summed E-state index contributed by atoms with van der Waals surface area (Å²) in [5.41, 5.74) is 0.849. The van der Waals surface area contributed by atoms with E-state index in [9.17, 15) is 13.6 Å². The second-order valence-electron chi connectivity index (χ2n) is 4.82. The molecule has 2 aromatic rings. The maximum absolute atomic E-state index is 13.4. The molecule has 1 fully saturated rings. The van der Waals surface area contributed by atoms with Gasteiger partial charge in [0, 0.05) is 18.2 Å². The van der Waals surface area contributed by atoms with Gasteiger partial charge in [-0.05, 0) is 18.9 Å². The molecule has 0 atom stereocenters. The fourth-order valence-electron chi connectivity index (χ4n) is 1.84. The first-order chi connectivity index (χ1) is 10.1. The summed E-state index contributed by atoms with van der Waals surface area (Å²) in [5.74, 6) is -2.43. The van der Waals surface area contributed by atoms with Crippen molar-refractivity contribution in [3.63, 3.8) is 0 Å². The van der Waals surface area contributed by atoms with Crippen molar-refractivity contribution in [1.29, 1.82) is 0 Å². The molecule has 3 rings (SSSR count). The van der Waals surface area contributed by atoms with E-state index in [1.165, 1.54) is 18.5 Å². The second kappa shape index (κ2) is 5.43. The monoisotopic (exact) mass is 290 g/mol. The van der Waals surface area contributed by atoms with Crippen LogP contribution >= 0.6 is 0 Å². The molecule has 0 spiro atoms. The Bertz CT molecular complexity index is 674. The Kier molecular flexibility index (Phi) is 3.47. The van der Waals surface area contributed by atoms with Crippen LogP contribution < -0.4 is 10.6 Å². The molecule has 1 amide bonds. The number of rotatable bonds is 4. The molecule has 1 heterocycles. The Morgan fingerprint density at radius 1 is 1.14 bits per heavy atom. The molecule has 0 unspecified atom stereocenters. The lowest BCUT2D eigenvalue weighted by Gasteiger charge is -2.13. The third-order valence-corrected chi connectivity index (χ3v) is 3.09. The average molecular weight is 290 g/mol. The molecule has 2 N–H and O–H groups in total. The molecule has 0 bridgehead atoms. The van der Waals surface area contributed by atoms with E-state index < -0.39 is 17.5 Å². The molecule has 7 heteroatoms. The number of nitrogens with zero attached hydrogens (tertiary/aromatic N) is 2. The van der Waals surface area contributed by atoms with E-state index in [4.69, 9.17) is 0 Å². The predicted molar refractivity (Wildman–Crippen MR) is 73.0 cm³/mol. The molecule has 1 saturated carbocycles. The van der Waals surface area contributed by atoms with Gasteiger partial charge >= 0.3 is 0 Å². The highest BCUT2D eigenvalue weighted by molar-refractivity contribution is 6.05. The number of carbonyl (C=O) groups is 1. The molecule has 108 valence electrons. The zero-order valence-corrected chi connectivity index (χ0v) is 10.9. The van der Waals surface area contributed by atoms with Gasteiger partial charge in [0.1, 0.15) is 0 Å². The van der Waals surface area contributed by atoms with Gasteiger partial charge in [0.15, 0.2) is 11.6 Å². The third-order valence-electron chi connectivity index (χ3n) is 3.09. The number of hydrogen-bond acceptors (Lipinski definition) is 4. The SMILES string of the molecule is O=C(Nc1cc(F)c(F)cc1NC1CC1)c1ccnnc1. The van der Waals surface area contributed by atoms with Crippen molar-refractivity contribution in [3.05, 3.63) is 47.8 Å². The quantitative estimate of drug-likeness (QED) is 0.908. The largest absolute Gasteiger partial charge is 0.381 e. The van der Waals surface area contributed by atoms with E-state index in [1.807, 2.05) is 0 Å². The van der Waals surface area contributed by atoms with Crippen molar-refractivity contribution >= 4 is 17.3 Å². The fraction of sp³-hybridized carbons (Fsp3) is 0.214. The van der Waals surface area contributed by atoms with Gasteiger partial charge in [-0.3, -0.25) is 4.79 Å². The first-order valence-electron chi connectivity index (χ1n) is 6.47. The summed E-state index contributed by atoms with van der Waals surface area (Å²) < 4.78 is 26.7. The number of nitrogens with one attached hydrogen (secondary N) is 2. The van der Waals surface area contributed by atoms with Crippen molar-refractivity contribution < 1.29 is 13.6 Å². The van der Waals surface area contributed by atoms with E-state index in [0.717, 1.165) is 25.0 Å². The predicted octanol–water partition coefficient (Wildman–Crippen LogP) is 2.58. The van der Waals surface area contributed by atoms with Crippen LogP contribution in [-0.4, -0.2) is 22.1 Å². The summed E-state index contributed by atoms with van der Waals surface area (Å²) >= 11 is 0. The van der Waals surface area contributed by atoms with Crippen LogP contribution in [0.5, 0.6) is 0 Å². The van der Waals surface area contributed by atoms with Crippen LogP contribution in [0.15, 0.2) is 30.6 Å². The highest BCUT2D eigenvalue weighted by atomic mass is 19.2. The van der Waals surface area contributed by atoms with Crippen LogP contribution in [0, 0.1) is 11.6 Å². The number of amides is 1. The molecule has 21 heavy (non-hydrogen) atoms. The molecule has 0 radical (unpaired) electrons. The summed E-state index contributed by atoms with van der Waals surface area (Å²) in [6.07, 6.45) is 4.62. The minimum atomic E-state index is -1.01. The van der Waals surface area contributed by atoms with Crippen molar-refractivity contribution in [3.8, 4) is 0 Å². The normalized spacial score (nSPS) is 13.8. The third kappa shape index (κ3) is 3.13. The first-order valence-corrected chi connectivity index (χ1v) is 6.47. The van der Waals surface area contributed by atoms with E-state index in [1.54, 1.807) is 0 Å². The summed E-state index contributed by atoms with van der Waals surface area (Å²) in [4.78, 5) is 12.0. The number of halogens is 2. The Morgan fingerprint density at radius 2 is 1.86 bits per heavy atom. The number of carbonyl (C=O) groups excluding carboxylic acids is 1. The number of anilines is 2. The van der Waals surface area contributed by atoms with Crippen molar-refractivity contribution in [1.82, 2.24) is 10.2 Å². The van der Waals surface area contributed by atoms with Gasteiger partial charge < -0.3 is 10.6 Å². The Labute approximate surface area is 119 Å². The van der Waals surface area contributed by atoms with Gasteiger partial charge in [-0.15, -0.1) is 0 Å². The molecule has 1 aromatic heterocycles. The summed E-state index contributed by atoms with van der Waals surface area (Å²) in [6, 6.07) is 3.74. The smallest absolute Gasteiger partial charge is 0.257 e. The van der Waals surface area contributed by atoms with E-state index >= 15 is 0 Å². The molecule has 5 nitrogen and oxygen atoms in total. The van der Waals surface area contributed by atoms with Crippen LogP contribution in [0.2, 0.25) is 0 Å². The van der Waals surface area contributed by atoms with Crippen molar-refractivity contribution in [2.24, 2.45) is 0 Å². The van der Waals surface area contributed by atoms with Crippen LogP contribution in [0.3, 0.4) is 0 Å². The standard InChI is InChI=1S/C14H12F2N4O/c15-10-5-12(19-9-1-2-9)13(6-11(10)16)20-14(21)8-3-4-17-18-7-8/h3-7,9,19H,1-2H2,(H,20,21). The van der Waals surface area contributed by atoms with Crippen molar-refractivity contribution in [2.45, 2.75) is 18.9 Å². The first kappa shape index (κ1) is 13.4. The molecule has 1 aliphatic rings. The number of benzene rings is 1. The van der Waals surface area contributed by atoms with Gasteiger partial charge in [-0.25, -0.2) is 8.78 Å². The van der Waals surface area contributed by atoms with E-state index in [0.29, 0.717) is 5.69 Å². The molecule has 1 aromatic carbocycles. The van der Waals surface area contributed by atoms with Crippen LogP contribution in [0.1, 0.15) is 23.2 Å². The Morgan fingerprint density at radius 3 is 2.48 bits per heavy atom. The van der Waals surface area contributed by atoms with Crippen LogP contribution in [0.4, 0.5) is 20.2 Å². The fourth-order valence-corrected chi connectivity index (χ4v) is 1.84.